The van der Waals surface area contributed by atoms with Crippen molar-refractivity contribution in [2.75, 3.05) is 11.9 Å². The molecule has 1 heterocycles. The highest BCUT2D eigenvalue weighted by atomic mass is 35.5. The second-order valence-electron chi connectivity index (χ2n) is 6.92. The van der Waals surface area contributed by atoms with Crippen LogP contribution in [-0.4, -0.2) is 23.7 Å². The van der Waals surface area contributed by atoms with Gasteiger partial charge in [-0.2, -0.15) is 0 Å². The van der Waals surface area contributed by atoms with Crippen molar-refractivity contribution < 1.29 is 9.53 Å². The molecule has 0 spiro atoms. The van der Waals surface area contributed by atoms with Gasteiger partial charge >= 0.3 is 6.09 Å². The third-order valence-corrected chi connectivity index (χ3v) is 3.74. The van der Waals surface area contributed by atoms with Crippen LogP contribution < -0.4 is 4.90 Å². The summed E-state index contributed by atoms with van der Waals surface area (Å²) in [4.78, 5) is 18.0. The van der Waals surface area contributed by atoms with Crippen molar-refractivity contribution in [2.24, 2.45) is 0 Å². The molecule has 5 heteroatoms. The molecule has 0 saturated heterocycles. The van der Waals surface area contributed by atoms with Crippen LogP contribution in [0.5, 0.6) is 0 Å². The van der Waals surface area contributed by atoms with E-state index >= 15 is 0 Å². The lowest BCUT2D eigenvalue weighted by Gasteiger charge is -2.26. The summed E-state index contributed by atoms with van der Waals surface area (Å²) in [5.74, 6) is 0.344. The first-order chi connectivity index (χ1) is 10.6. The Morgan fingerprint density at radius 1 is 1.26 bits per heavy atom. The predicted molar refractivity (Wildman–Crippen MR) is 95.5 cm³/mol. The van der Waals surface area contributed by atoms with Gasteiger partial charge in [0, 0.05) is 18.6 Å². The second kappa shape index (κ2) is 6.36. The number of hydrogen-bond donors (Lipinski definition) is 0. The van der Waals surface area contributed by atoms with Gasteiger partial charge < -0.3 is 4.74 Å². The Hall–Kier alpha value is -1.81. The molecule has 2 rings (SSSR count). The molecule has 0 aliphatic heterocycles. The minimum Gasteiger partial charge on any atom is -0.443 e. The number of amides is 1. The number of halogens is 1. The van der Waals surface area contributed by atoms with E-state index in [1.807, 2.05) is 39.0 Å². The fourth-order valence-electron chi connectivity index (χ4n) is 2.45. The Kier molecular flexibility index (Phi) is 4.85. The minimum absolute atomic E-state index is 0.344. The first-order valence-corrected chi connectivity index (χ1v) is 8.03. The summed E-state index contributed by atoms with van der Waals surface area (Å²) >= 11 is 6.06. The normalized spacial score (nSPS) is 11.8. The Labute approximate surface area is 142 Å². The van der Waals surface area contributed by atoms with E-state index in [1.165, 1.54) is 10.5 Å². The second-order valence-corrected chi connectivity index (χ2v) is 7.31. The van der Waals surface area contributed by atoms with Crippen LogP contribution in [-0.2, 0) is 4.74 Å². The number of fused-ring (bicyclic) bond motifs is 1. The Morgan fingerprint density at radius 3 is 2.48 bits per heavy atom. The molecule has 0 saturated carbocycles. The molecule has 0 atom stereocenters. The van der Waals surface area contributed by atoms with Crippen LogP contribution in [0.1, 0.15) is 46.1 Å². The Morgan fingerprint density at radius 2 is 1.91 bits per heavy atom. The highest BCUT2D eigenvalue weighted by Crippen LogP contribution is 2.33. The van der Waals surface area contributed by atoms with Crippen LogP contribution in [0, 0.1) is 0 Å². The van der Waals surface area contributed by atoms with E-state index < -0.39 is 11.7 Å². The van der Waals surface area contributed by atoms with E-state index in [9.17, 15) is 4.79 Å². The lowest BCUT2D eigenvalue weighted by molar-refractivity contribution is 0.0590. The zero-order valence-electron chi connectivity index (χ0n) is 14.5. The van der Waals surface area contributed by atoms with Crippen LogP contribution in [0.15, 0.2) is 24.4 Å². The fourth-order valence-corrected chi connectivity index (χ4v) is 2.60. The van der Waals surface area contributed by atoms with Gasteiger partial charge in [-0.3, -0.25) is 4.90 Å². The number of aromatic nitrogens is 1. The van der Waals surface area contributed by atoms with E-state index in [2.05, 4.69) is 18.8 Å². The van der Waals surface area contributed by atoms with E-state index in [-0.39, 0.29) is 0 Å². The number of hydrogen-bond acceptors (Lipinski definition) is 3. The van der Waals surface area contributed by atoms with Gasteiger partial charge in [-0.15, -0.1) is 0 Å². The molecular weight excluding hydrogens is 312 g/mol. The first kappa shape index (κ1) is 17.5. The van der Waals surface area contributed by atoms with Crippen LogP contribution in [0.2, 0.25) is 5.15 Å². The van der Waals surface area contributed by atoms with Gasteiger partial charge in [0.15, 0.2) is 0 Å². The molecule has 23 heavy (non-hydrogen) atoms. The summed E-state index contributed by atoms with van der Waals surface area (Å²) in [6.45, 7) is 9.79. The van der Waals surface area contributed by atoms with Gasteiger partial charge in [0.1, 0.15) is 10.8 Å². The van der Waals surface area contributed by atoms with Crippen molar-refractivity contribution in [2.45, 2.75) is 46.1 Å². The number of carbonyl (C=O) groups excluding carboxylic acids is 1. The zero-order chi connectivity index (χ0) is 17.4. The number of carbonyl (C=O) groups is 1. The molecule has 1 aromatic carbocycles. The summed E-state index contributed by atoms with van der Waals surface area (Å²) < 4.78 is 5.44. The number of benzene rings is 1. The maximum absolute atomic E-state index is 12.3. The van der Waals surface area contributed by atoms with Crippen LogP contribution >= 0.6 is 11.6 Å². The predicted octanol–water partition coefficient (Wildman–Crippen LogP) is 5.38. The number of pyridine rings is 1. The number of ether oxygens (including phenoxy) is 1. The number of anilines is 1. The molecular formula is C18H23ClN2O2. The highest BCUT2D eigenvalue weighted by molar-refractivity contribution is 6.30. The van der Waals surface area contributed by atoms with Crippen LogP contribution in [0.25, 0.3) is 10.8 Å². The molecule has 124 valence electrons. The van der Waals surface area contributed by atoms with Gasteiger partial charge in [-0.1, -0.05) is 31.5 Å². The van der Waals surface area contributed by atoms with Gasteiger partial charge in [0.05, 0.1) is 5.69 Å². The van der Waals surface area contributed by atoms with E-state index in [0.717, 1.165) is 16.5 Å². The van der Waals surface area contributed by atoms with Crippen LogP contribution in [0.3, 0.4) is 0 Å². The average molecular weight is 335 g/mol. The smallest absolute Gasteiger partial charge is 0.414 e. The molecule has 0 fully saturated rings. The summed E-state index contributed by atoms with van der Waals surface area (Å²) in [5, 5.41) is 2.33. The van der Waals surface area contributed by atoms with Gasteiger partial charge in [0.25, 0.3) is 0 Å². The topological polar surface area (TPSA) is 42.4 Å². The van der Waals surface area contributed by atoms with Gasteiger partial charge in [-0.25, -0.2) is 9.78 Å². The van der Waals surface area contributed by atoms with E-state index in [4.69, 9.17) is 16.3 Å². The van der Waals surface area contributed by atoms with Crippen molar-refractivity contribution in [1.29, 1.82) is 0 Å². The van der Waals surface area contributed by atoms with Crippen molar-refractivity contribution in [1.82, 2.24) is 4.98 Å². The fraction of sp³-hybridized carbons (Fsp3) is 0.444. The minimum atomic E-state index is -0.541. The van der Waals surface area contributed by atoms with Crippen molar-refractivity contribution in [3.05, 3.63) is 35.1 Å². The third-order valence-electron chi connectivity index (χ3n) is 3.53. The van der Waals surface area contributed by atoms with Crippen molar-refractivity contribution in [3.8, 4) is 0 Å². The van der Waals surface area contributed by atoms with Crippen molar-refractivity contribution >= 4 is 34.2 Å². The highest BCUT2D eigenvalue weighted by Gasteiger charge is 2.22. The standard InChI is InChI=1S/C18H23ClN2O2/c1-11(2)12-7-8-15(14-10-20-16(19)9-13(12)14)21(6)17(22)23-18(3,4)5/h7-11H,1-6H3. The Bertz CT molecular complexity index is 736. The summed E-state index contributed by atoms with van der Waals surface area (Å²) in [6.07, 6.45) is 1.31. The summed E-state index contributed by atoms with van der Waals surface area (Å²) in [7, 11) is 1.70. The zero-order valence-corrected chi connectivity index (χ0v) is 15.2. The first-order valence-electron chi connectivity index (χ1n) is 7.65. The molecule has 4 nitrogen and oxygen atoms in total. The van der Waals surface area contributed by atoms with Crippen LogP contribution in [0.4, 0.5) is 10.5 Å². The average Bonchev–Trinajstić information content (AvgIpc) is 2.42. The van der Waals surface area contributed by atoms with E-state index in [1.54, 1.807) is 13.2 Å². The molecule has 2 aromatic rings. The van der Waals surface area contributed by atoms with Gasteiger partial charge in [-0.05, 0) is 49.8 Å². The maximum atomic E-state index is 12.3. The molecule has 1 amide bonds. The molecule has 1 aromatic heterocycles. The number of nitrogens with zero attached hydrogens (tertiary/aromatic N) is 2. The van der Waals surface area contributed by atoms with Gasteiger partial charge in [0.2, 0.25) is 0 Å². The van der Waals surface area contributed by atoms with Crippen molar-refractivity contribution in [3.63, 3.8) is 0 Å². The Balaban J connectivity index is 2.54. The maximum Gasteiger partial charge on any atom is 0.414 e. The molecule has 0 radical (unpaired) electrons. The molecule has 0 aliphatic rings. The molecule has 0 bridgehead atoms. The lowest BCUT2D eigenvalue weighted by atomic mass is 9.96. The molecule has 0 N–H and O–H groups in total. The number of rotatable bonds is 2. The largest absolute Gasteiger partial charge is 0.443 e. The SMILES string of the molecule is CC(C)c1ccc(N(C)C(=O)OC(C)(C)C)c2cnc(Cl)cc12. The lowest BCUT2D eigenvalue weighted by Crippen LogP contribution is -2.34. The van der Waals surface area contributed by atoms with E-state index in [0.29, 0.717) is 11.1 Å². The summed E-state index contributed by atoms with van der Waals surface area (Å²) in [5.41, 5.74) is 1.38. The third kappa shape index (κ3) is 3.94. The molecule has 0 aliphatic carbocycles. The monoisotopic (exact) mass is 334 g/mol. The molecule has 0 unspecified atom stereocenters. The summed E-state index contributed by atoms with van der Waals surface area (Å²) in [6, 6.07) is 5.80. The quantitative estimate of drug-likeness (QED) is 0.692.